The van der Waals surface area contributed by atoms with Crippen LogP contribution in [0, 0.1) is 11.3 Å². The van der Waals surface area contributed by atoms with E-state index in [9.17, 15) is 4.79 Å². The van der Waals surface area contributed by atoms with E-state index in [2.05, 4.69) is 64.7 Å². The minimum absolute atomic E-state index is 0. The van der Waals surface area contributed by atoms with E-state index in [0.29, 0.717) is 12.0 Å². The lowest BCUT2D eigenvalue weighted by Crippen LogP contribution is -2.39. The Morgan fingerprint density at radius 2 is 1.91 bits per heavy atom. The Kier molecular flexibility index (Phi) is 5.81. The Hall–Kier alpha value is -0.580. The Balaban J connectivity index is 0.00000192. The fourth-order valence-electron chi connectivity index (χ4n) is 3.63. The molecule has 1 aliphatic carbocycles. The van der Waals surface area contributed by atoms with E-state index in [4.69, 9.17) is 0 Å². The number of halogens is 2. The van der Waals surface area contributed by atoms with Gasteiger partial charge in [-0.25, -0.2) is 0 Å². The highest BCUT2D eigenvalue weighted by Crippen LogP contribution is 2.58. The van der Waals surface area contributed by atoms with Crippen molar-refractivity contribution in [2.45, 2.75) is 38.5 Å². The molecule has 2 fully saturated rings. The van der Waals surface area contributed by atoms with Gasteiger partial charge in [-0.15, -0.1) is 12.4 Å². The van der Waals surface area contributed by atoms with E-state index in [0.717, 1.165) is 36.8 Å². The largest absolute Gasteiger partial charge is 0.355 e. The van der Waals surface area contributed by atoms with Crippen LogP contribution in [0.3, 0.4) is 0 Å². The molecule has 5 heteroatoms. The van der Waals surface area contributed by atoms with Crippen molar-refractivity contribution < 1.29 is 4.79 Å². The van der Waals surface area contributed by atoms with Gasteiger partial charge in [0.25, 0.3) is 0 Å². The Labute approximate surface area is 153 Å². The maximum atomic E-state index is 12.5. The zero-order valence-corrected chi connectivity index (χ0v) is 16.2. The highest BCUT2D eigenvalue weighted by molar-refractivity contribution is 9.10. The van der Waals surface area contributed by atoms with Crippen LogP contribution in [0.25, 0.3) is 0 Å². The van der Waals surface area contributed by atoms with Gasteiger partial charge >= 0.3 is 0 Å². The number of hydrogen-bond acceptors (Lipinski definition) is 2. The summed E-state index contributed by atoms with van der Waals surface area (Å²) in [6.07, 6.45) is 3.39. The first-order valence-corrected chi connectivity index (χ1v) is 8.97. The van der Waals surface area contributed by atoms with Crippen LogP contribution in [0.4, 0.5) is 0 Å². The standard InChI is InChI=1S/C18H25BrN2O.ClH/c1-17(2,13-3-5-14(19)6-4-13)12-21-16(22)15-11-18(15)7-9-20-10-8-18;/h3-6,15,20H,7-12H2,1-2H3,(H,21,22);1H. The number of benzene rings is 1. The lowest BCUT2D eigenvalue weighted by atomic mass is 9.84. The molecule has 3 rings (SSSR count). The van der Waals surface area contributed by atoms with Crippen molar-refractivity contribution in [3.63, 3.8) is 0 Å². The zero-order chi connectivity index (χ0) is 15.8. The molecule has 2 aliphatic rings. The molecule has 2 N–H and O–H groups in total. The molecule has 1 aromatic carbocycles. The van der Waals surface area contributed by atoms with Gasteiger partial charge < -0.3 is 10.6 Å². The molecule has 0 aromatic heterocycles. The minimum atomic E-state index is -0.0491. The molecule has 23 heavy (non-hydrogen) atoms. The van der Waals surface area contributed by atoms with Crippen LogP contribution in [0.15, 0.2) is 28.7 Å². The number of carbonyl (C=O) groups excluding carboxylic acids is 1. The molecule has 1 atom stereocenters. The van der Waals surface area contributed by atoms with Crippen molar-refractivity contribution in [1.82, 2.24) is 10.6 Å². The van der Waals surface area contributed by atoms with E-state index < -0.39 is 0 Å². The SMILES string of the molecule is CC(C)(CNC(=O)C1CC12CCNCC2)c1ccc(Br)cc1.Cl. The van der Waals surface area contributed by atoms with Gasteiger partial charge in [0, 0.05) is 22.4 Å². The van der Waals surface area contributed by atoms with Crippen molar-refractivity contribution in [3.05, 3.63) is 34.3 Å². The third-order valence-corrected chi connectivity index (χ3v) is 5.96. The van der Waals surface area contributed by atoms with Gasteiger partial charge in [-0.05, 0) is 55.5 Å². The van der Waals surface area contributed by atoms with Gasteiger partial charge in [-0.3, -0.25) is 4.79 Å². The normalized spacial score (nSPS) is 22.3. The van der Waals surface area contributed by atoms with E-state index in [1.807, 2.05) is 0 Å². The van der Waals surface area contributed by atoms with Crippen LogP contribution >= 0.6 is 28.3 Å². The molecule has 3 nitrogen and oxygen atoms in total. The third kappa shape index (κ3) is 4.09. The van der Waals surface area contributed by atoms with Crippen LogP contribution in [-0.4, -0.2) is 25.5 Å². The second-order valence-electron chi connectivity index (χ2n) is 7.48. The number of hydrogen-bond donors (Lipinski definition) is 2. The molecule has 0 bridgehead atoms. The zero-order valence-electron chi connectivity index (χ0n) is 13.8. The van der Waals surface area contributed by atoms with E-state index in [1.54, 1.807) is 0 Å². The maximum absolute atomic E-state index is 12.5. The van der Waals surface area contributed by atoms with Gasteiger partial charge in [0.1, 0.15) is 0 Å². The monoisotopic (exact) mass is 400 g/mol. The lowest BCUT2D eigenvalue weighted by Gasteiger charge is -2.27. The van der Waals surface area contributed by atoms with Gasteiger partial charge in [0.15, 0.2) is 0 Å². The highest BCUT2D eigenvalue weighted by atomic mass is 79.9. The molecule has 1 heterocycles. The van der Waals surface area contributed by atoms with Crippen molar-refractivity contribution in [1.29, 1.82) is 0 Å². The molecular weight excluding hydrogens is 376 g/mol. The summed E-state index contributed by atoms with van der Waals surface area (Å²) in [5.74, 6) is 0.502. The first kappa shape index (κ1) is 18.8. The van der Waals surface area contributed by atoms with E-state index >= 15 is 0 Å². The van der Waals surface area contributed by atoms with Crippen LogP contribution in [0.5, 0.6) is 0 Å². The number of piperidine rings is 1. The lowest BCUT2D eigenvalue weighted by molar-refractivity contribution is -0.123. The maximum Gasteiger partial charge on any atom is 0.223 e. The summed E-state index contributed by atoms with van der Waals surface area (Å²) in [4.78, 5) is 12.5. The van der Waals surface area contributed by atoms with Crippen molar-refractivity contribution >= 4 is 34.2 Å². The number of carbonyl (C=O) groups is 1. The first-order valence-electron chi connectivity index (χ1n) is 8.17. The molecule has 1 spiro atoms. The van der Waals surface area contributed by atoms with Gasteiger partial charge in [-0.1, -0.05) is 41.9 Å². The second kappa shape index (κ2) is 7.12. The fraction of sp³-hybridized carbons (Fsp3) is 0.611. The fourth-order valence-corrected chi connectivity index (χ4v) is 3.89. The highest BCUT2D eigenvalue weighted by Gasteiger charge is 2.57. The Morgan fingerprint density at radius 1 is 1.30 bits per heavy atom. The number of nitrogens with one attached hydrogen (secondary N) is 2. The van der Waals surface area contributed by atoms with Crippen LogP contribution in [0.2, 0.25) is 0 Å². The molecule has 0 radical (unpaired) electrons. The van der Waals surface area contributed by atoms with Gasteiger partial charge in [-0.2, -0.15) is 0 Å². The Morgan fingerprint density at radius 3 is 2.52 bits per heavy atom. The average Bonchev–Trinajstić information content (AvgIpc) is 3.19. The molecular formula is C18H26BrClN2O. The summed E-state index contributed by atoms with van der Waals surface area (Å²) in [5.41, 5.74) is 1.52. The summed E-state index contributed by atoms with van der Waals surface area (Å²) in [6, 6.07) is 8.37. The predicted molar refractivity (Wildman–Crippen MR) is 100 cm³/mol. The molecule has 128 valence electrons. The van der Waals surface area contributed by atoms with Crippen molar-refractivity contribution in [3.8, 4) is 0 Å². The van der Waals surface area contributed by atoms with E-state index in [-0.39, 0.29) is 29.6 Å². The minimum Gasteiger partial charge on any atom is -0.355 e. The molecule has 1 aliphatic heterocycles. The predicted octanol–water partition coefficient (Wildman–Crippen LogP) is 3.65. The van der Waals surface area contributed by atoms with Crippen LogP contribution < -0.4 is 10.6 Å². The number of amides is 1. The molecule has 1 saturated carbocycles. The summed E-state index contributed by atoms with van der Waals surface area (Å²) in [6.45, 7) is 7.19. The third-order valence-electron chi connectivity index (χ3n) is 5.44. The average molecular weight is 402 g/mol. The topological polar surface area (TPSA) is 41.1 Å². The number of rotatable bonds is 4. The molecule has 1 saturated heterocycles. The summed E-state index contributed by atoms with van der Waals surface area (Å²) in [7, 11) is 0. The van der Waals surface area contributed by atoms with Gasteiger partial charge in [0.2, 0.25) is 5.91 Å². The quantitative estimate of drug-likeness (QED) is 0.808. The second-order valence-corrected chi connectivity index (χ2v) is 8.39. The summed E-state index contributed by atoms with van der Waals surface area (Å²) in [5, 5.41) is 6.59. The summed E-state index contributed by atoms with van der Waals surface area (Å²) >= 11 is 3.47. The summed E-state index contributed by atoms with van der Waals surface area (Å²) < 4.78 is 1.09. The first-order chi connectivity index (χ1) is 10.4. The van der Waals surface area contributed by atoms with E-state index in [1.165, 1.54) is 5.56 Å². The Bertz CT molecular complexity index is 553. The van der Waals surface area contributed by atoms with Crippen molar-refractivity contribution in [2.75, 3.05) is 19.6 Å². The molecule has 1 amide bonds. The van der Waals surface area contributed by atoms with Crippen molar-refractivity contribution in [2.24, 2.45) is 11.3 Å². The van der Waals surface area contributed by atoms with Gasteiger partial charge in [0.05, 0.1) is 0 Å². The van der Waals surface area contributed by atoms with Crippen LogP contribution in [0.1, 0.15) is 38.7 Å². The molecule has 1 unspecified atom stereocenters. The van der Waals surface area contributed by atoms with Crippen LogP contribution in [-0.2, 0) is 10.2 Å². The smallest absolute Gasteiger partial charge is 0.223 e. The molecule has 1 aromatic rings.